The molecule has 1 N–H and O–H groups in total. The number of hydrogen-bond donors (Lipinski definition) is 1. The minimum atomic E-state index is -3.48. The number of fused-ring (bicyclic) bond motifs is 1. The summed E-state index contributed by atoms with van der Waals surface area (Å²) in [7, 11) is -3.48. The maximum absolute atomic E-state index is 12.9. The molecule has 1 saturated heterocycles. The van der Waals surface area contributed by atoms with Crippen LogP contribution in [0.3, 0.4) is 0 Å². The first kappa shape index (κ1) is 22.0. The van der Waals surface area contributed by atoms with Gasteiger partial charge in [0.15, 0.2) is 0 Å². The van der Waals surface area contributed by atoms with Crippen LogP contribution in [-0.4, -0.2) is 47.8 Å². The second-order valence-electron chi connectivity index (χ2n) is 7.24. The van der Waals surface area contributed by atoms with Crippen molar-refractivity contribution < 1.29 is 13.2 Å². The molecule has 1 fully saturated rings. The molecule has 0 atom stereocenters. The van der Waals surface area contributed by atoms with E-state index in [9.17, 15) is 13.2 Å². The van der Waals surface area contributed by atoms with E-state index < -0.39 is 10.0 Å². The van der Waals surface area contributed by atoms with Gasteiger partial charge in [0.2, 0.25) is 15.9 Å². The van der Waals surface area contributed by atoms with Gasteiger partial charge < -0.3 is 9.88 Å². The fraction of sp³-hybridized carbons (Fsp3) is 0.500. The fourth-order valence-electron chi connectivity index (χ4n) is 3.57. The van der Waals surface area contributed by atoms with Crippen LogP contribution in [0.5, 0.6) is 0 Å². The minimum Gasteiger partial charge on any atom is -0.352 e. The van der Waals surface area contributed by atoms with Gasteiger partial charge in [-0.25, -0.2) is 13.4 Å². The third-order valence-electron chi connectivity index (χ3n) is 5.00. The van der Waals surface area contributed by atoms with Gasteiger partial charge in [-0.1, -0.05) is 29.4 Å². The summed E-state index contributed by atoms with van der Waals surface area (Å²) >= 11 is 3.22. The van der Waals surface area contributed by atoms with Gasteiger partial charge in [0.05, 0.1) is 15.9 Å². The first-order valence-corrected chi connectivity index (χ1v) is 12.2. The summed E-state index contributed by atoms with van der Waals surface area (Å²) in [6.07, 6.45) is 3.53. The summed E-state index contributed by atoms with van der Waals surface area (Å²) < 4.78 is 30.1. The van der Waals surface area contributed by atoms with Crippen molar-refractivity contribution >= 4 is 42.9 Å². The van der Waals surface area contributed by atoms with E-state index in [1.165, 1.54) is 0 Å². The number of sulfonamides is 1. The van der Waals surface area contributed by atoms with Crippen LogP contribution in [0.2, 0.25) is 0 Å². The summed E-state index contributed by atoms with van der Waals surface area (Å²) in [5.74, 6) is 0.725. The zero-order chi connectivity index (χ0) is 21.0. The zero-order valence-corrected chi connectivity index (χ0v) is 19.1. The van der Waals surface area contributed by atoms with Crippen molar-refractivity contribution in [3.05, 3.63) is 35.1 Å². The Morgan fingerprint density at radius 1 is 1.31 bits per heavy atom. The van der Waals surface area contributed by atoms with Crippen molar-refractivity contribution in [2.24, 2.45) is 0 Å². The molecule has 3 rings (SSSR count). The molecule has 0 aliphatic carbocycles. The van der Waals surface area contributed by atoms with Crippen LogP contribution < -0.4 is 5.32 Å². The minimum absolute atomic E-state index is 0.0713. The van der Waals surface area contributed by atoms with Gasteiger partial charge in [0.1, 0.15) is 5.82 Å². The summed E-state index contributed by atoms with van der Waals surface area (Å²) in [6.45, 7) is 8.09. The summed E-state index contributed by atoms with van der Waals surface area (Å²) in [5.41, 5.74) is 1.56. The Hall–Kier alpha value is -1.71. The molecule has 1 aromatic heterocycles. The first-order valence-electron chi connectivity index (χ1n) is 9.92. The van der Waals surface area contributed by atoms with Gasteiger partial charge in [-0.3, -0.25) is 4.79 Å². The molecule has 1 aromatic carbocycles. The number of imidazole rings is 1. The van der Waals surface area contributed by atoms with Gasteiger partial charge in [-0.15, -0.1) is 0 Å². The number of rotatable bonds is 9. The first-order chi connectivity index (χ1) is 13.8. The number of carbonyl (C=O) groups is 1. The topological polar surface area (TPSA) is 84.3 Å². The van der Waals surface area contributed by atoms with Crippen molar-refractivity contribution in [2.45, 2.75) is 50.5 Å². The lowest BCUT2D eigenvalue weighted by Gasteiger charge is -2.15. The molecular weight excluding hydrogens is 456 g/mol. The number of carbonyl (C=O) groups excluding carboxylic acids is 1. The van der Waals surface area contributed by atoms with Crippen molar-refractivity contribution in [3.8, 4) is 0 Å². The zero-order valence-electron chi connectivity index (χ0n) is 16.7. The molecule has 2 heterocycles. The molecule has 7 nitrogen and oxygen atoms in total. The van der Waals surface area contributed by atoms with Gasteiger partial charge in [0, 0.05) is 43.5 Å². The van der Waals surface area contributed by atoms with Gasteiger partial charge in [0.25, 0.3) is 0 Å². The van der Waals surface area contributed by atoms with Crippen LogP contribution in [0.1, 0.15) is 38.4 Å². The van der Waals surface area contributed by atoms with Crippen molar-refractivity contribution in [3.63, 3.8) is 0 Å². The number of nitrogens with one attached hydrogen (secondary N) is 1. The molecule has 0 bridgehead atoms. The molecule has 1 aliphatic heterocycles. The number of hydrogen-bond acceptors (Lipinski definition) is 4. The van der Waals surface area contributed by atoms with E-state index in [2.05, 4.69) is 44.3 Å². The van der Waals surface area contributed by atoms with E-state index in [-0.39, 0.29) is 10.8 Å². The number of nitrogens with zero attached hydrogens (tertiary/aromatic N) is 3. The van der Waals surface area contributed by atoms with Gasteiger partial charge in [-0.05, 0) is 37.5 Å². The van der Waals surface area contributed by atoms with Crippen molar-refractivity contribution in [1.82, 2.24) is 19.2 Å². The van der Waals surface area contributed by atoms with Gasteiger partial charge in [-0.2, -0.15) is 4.31 Å². The number of halogens is 1. The van der Waals surface area contributed by atoms with E-state index >= 15 is 0 Å². The highest BCUT2D eigenvalue weighted by Crippen LogP contribution is 2.25. The second kappa shape index (κ2) is 9.40. The van der Waals surface area contributed by atoms with Crippen LogP contribution in [0.15, 0.2) is 34.2 Å². The Labute approximate surface area is 180 Å². The van der Waals surface area contributed by atoms with Crippen LogP contribution >= 0.6 is 15.9 Å². The van der Waals surface area contributed by atoms with Crippen molar-refractivity contribution in [1.29, 1.82) is 0 Å². The van der Waals surface area contributed by atoms with E-state index in [0.717, 1.165) is 41.6 Å². The van der Waals surface area contributed by atoms with Crippen molar-refractivity contribution in [2.75, 3.05) is 19.6 Å². The summed E-state index contributed by atoms with van der Waals surface area (Å²) in [6, 6.07) is 5.16. The van der Waals surface area contributed by atoms with Crippen LogP contribution in [0.4, 0.5) is 0 Å². The third-order valence-corrected chi connectivity index (χ3v) is 7.18. The summed E-state index contributed by atoms with van der Waals surface area (Å²) in [4.78, 5) is 17.0. The maximum Gasteiger partial charge on any atom is 0.243 e. The molecule has 158 valence electrons. The number of amides is 1. The lowest BCUT2D eigenvalue weighted by Crippen LogP contribution is -2.27. The van der Waals surface area contributed by atoms with Crippen LogP contribution in [0.25, 0.3) is 11.0 Å². The average molecular weight is 483 g/mol. The maximum atomic E-state index is 12.9. The van der Waals surface area contributed by atoms with Gasteiger partial charge >= 0.3 is 0 Å². The quantitative estimate of drug-likeness (QED) is 0.594. The molecule has 0 spiro atoms. The lowest BCUT2D eigenvalue weighted by atomic mass is 10.2. The molecule has 2 aromatic rings. The highest BCUT2D eigenvalue weighted by atomic mass is 79.9. The molecular formula is C20H27BrN4O3S. The summed E-state index contributed by atoms with van der Waals surface area (Å²) in [5, 5.41) is 2.79. The Balaban J connectivity index is 1.85. The number of aromatic nitrogens is 2. The second-order valence-corrected chi connectivity index (χ2v) is 10.3. The number of aryl methyl sites for hydroxylation is 2. The Morgan fingerprint density at radius 2 is 2.03 bits per heavy atom. The standard InChI is InChI=1S/C20H27BrN4O3S/c1-3-10-25-18-7-6-16(29(27,28)24-11-4-5-12-24)13-17(18)23-19(25)8-9-20(26)22-14-15(2)21/h6-7,13H,2-5,8-12,14H2,1H3,(H,22,26). The van der Waals surface area contributed by atoms with E-state index in [1.54, 1.807) is 16.4 Å². The van der Waals surface area contributed by atoms with E-state index in [1.807, 2.05) is 6.07 Å². The van der Waals surface area contributed by atoms with E-state index in [4.69, 9.17) is 0 Å². The SMILES string of the molecule is C=C(Br)CNC(=O)CCc1nc2cc(S(=O)(=O)N3CCCC3)ccc2n1CCC. The third kappa shape index (κ3) is 5.07. The monoisotopic (exact) mass is 482 g/mol. The fourth-order valence-corrected chi connectivity index (χ4v) is 5.25. The predicted molar refractivity (Wildman–Crippen MR) is 117 cm³/mol. The Bertz CT molecular complexity index is 1010. The van der Waals surface area contributed by atoms with Crippen LogP contribution in [0, 0.1) is 0 Å². The van der Waals surface area contributed by atoms with E-state index in [0.29, 0.717) is 38.0 Å². The highest BCUT2D eigenvalue weighted by Gasteiger charge is 2.27. The largest absolute Gasteiger partial charge is 0.352 e. The molecule has 1 amide bonds. The Morgan fingerprint density at radius 3 is 2.69 bits per heavy atom. The highest BCUT2D eigenvalue weighted by molar-refractivity contribution is 9.11. The smallest absolute Gasteiger partial charge is 0.243 e. The molecule has 0 unspecified atom stereocenters. The molecule has 1 aliphatic rings. The normalized spacial score (nSPS) is 15.1. The lowest BCUT2D eigenvalue weighted by molar-refractivity contribution is -0.120. The average Bonchev–Trinajstić information content (AvgIpc) is 3.33. The van der Waals surface area contributed by atoms with Crippen LogP contribution in [-0.2, 0) is 27.8 Å². The Kier molecular flexibility index (Phi) is 7.13. The number of benzene rings is 1. The predicted octanol–water partition coefficient (Wildman–Crippen LogP) is 3.19. The molecule has 29 heavy (non-hydrogen) atoms. The molecule has 9 heteroatoms. The molecule has 0 saturated carbocycles. The molecule has 0 radical (unpaired) electrons.